The van der Waals surface area contributed by atoms with Gasteiger partial charge in [-0.15, -0.1) is 0 Å². The maximum Gasteiger partial charge on any atom is 0.270 e. The molecule has 1 aromatic carbocycles. The number of aromatic nitrogens is 3. The Balaban J connectivity index is 1.35. The van der Waals surface area contributed by atoms with Gasteiger partial charge in [-0.1, -0.05) is 18.2 Å². The van der Waals surface area contributed by atoms with E-state index in [9.17, 15) is 4.79 Å². The molecule has 26 heavy (non-hydrogen) atoms. The molecular weight excluding hydrogens is 324 g/mol. The summed E-state index contributed by atoms with van der Waals surface area (Å²) in [5.74, 6) is 2.43. The number of carbonyl (C=O) groups is 1. The van der Waals surface area contributed by atoms with E-state index in [1.165, 1.54) is 12.8 Å². The predicted molar refractivity (Wildman–Crippen MR) is 101 cm³/mol. The van der Waals surface area contributed by atoms with Gasteiger partial charge in [0, 0.05) is 48.8 Å². The molecular formula is C21H24N4O. The minimum absolute atomic E-state index is 0.103. The fourth-order valence-electron chi connectivity index (χ4n) is 4.14. The van der Waals surface area contributed by atoms with Crippen LogP contribution in [0.4, 0.5) is 0 Å². The first-order valence-electron chi connectivity index (χ1n) is 9.66. The molecule has 3 aromatic rings. The molecule has 2 aromatic heterocycles. The maximum absolute atomic E-state index is 13.0. The minimum Gasteiger partial charge on any atom is -0.351 e. The zero-order chi connectivity index (χ0) is 17.5. The SMILES string of the molecule is O=C(c1cc2ccccc2[nH]1)N1CCCC(c2nccn2CC2CC2)C1. The molecule has 1 unspecified atom stereocenters. The van der Waals surface area contributed by atoms with Crippen molar-refractivity contribution < 1.29 is 4.79 Å². The van der Waals surface area contributed by atoms with Gasteiger partial charge in [-0.05, 0) is 43.7 Å². The van der Waals surface area contributed by atoms with Gasteiger partial charge in [0.05, 0.1) is 0 Å². The van der Waals surface area contributed by atoms with Crippen LogP contribution in [0.1, 0.15) is 47.9 Å². The summed E-state index contributed by atoms with van der Waals surface area (Å²) in [5.41, 5.74) is 1.71. The first kappa shape index (κ1) is 15.7. The fourth-order valence-corrected chi connectivity index (χ4v) is 4.14. The van der Waals surface area contributed by atoms with Crippen LogP contribution in [0.15, 0.2) is 42.7 Å². The first-order chi connectivity index (χ1) is 12.8. The number of imidazole rings is 1. The Morgan fingerprint density at radius 3 is 2.96 bits per heavy atom. The molecule has 5 nitrogen and oxygen atoms in total. The van der Waals surface area contributed by atoms with E-state index in [1.54, 1.807) is 0 Å². The van der Waals surface area contributed by atoms with Crippen molar-refractivity contribution in [3.8, 4) is 0 Å². The van der Waals surface area contributed by atoms with Crippen molar-refractivity contribution >= 4 is 16.8 Å². The third-order valence-electron chi connectivity index (χ3n) is 5.73. The standard InChI is InChI=1S/C21H24N4O/c26-21(19-12-16-4-1-2-6-18(16)23-19)25-10-3-5-17(14-25)20-22-9-11-24(20)13-15-7-8-15/h1-2,4,6,9,11-12,15,17,23H,3,5,7-8,10,13-14H2. The molecule has 2 aliphatic rings. The number of amides is 1. The molecule has 1 atom stereocenters. The number of hydrogen-bond acceptors (Lipinski definition) is 2. The minimum atomic E-state index is 0.103. The van der Waals surface area contributed by atoms with Crippen LogP contribution in [0.25, 0.3) is 10.9 Å². The largest absolute Gasteiger partial charge is 0.351 e. The molecule has 0 bridgehead atoms. The number of hydrogen-bond donors (Lipinski definition) is 1. The highest BCUT2D eigenvalue weighted by atomic mass is 16.2. The van der Waals surface area contributed by atoms with E-state index < -0.39 is 0 Å². The number of nitrogens with one attached hydrogen (secondary N) is 1. The average molecular weight is 348 g/mol. The molecule has 5 heteroatoms. The topological polar surface area (TPSA) is 53.9 Å². The second kappa shape index (κ2) is 6.31. The average Bonchev–Trinajstić information content (AvgIpc) is 3.19. The third kappa shape index (κ3) is 2.91. The Hall–Kier alpha value is -2.56. The van der Waals surface area contributed by atoms with Crippen LogP contribution in [0.3, 0.4) is 0 Å². The summed E-state index contributed by atoms with van der Waals surface area (Å²) in [6.45, 7) is 2.67. The summed E-state index contributed by atoms with van der Waals surface area (Å²) >= 11 is 0. The first-order valence-corrected chi connectivity index (χ1v) is 9.66. The number of benzene rings is 1. The summed E-state index contributed by atoms with van der Waals surface area (Å²) in [5, 5.41) is 1.09. The molecule has 1 aliphatic carbocycles. The summed E-state index contributed by atoms with van der Waals surface area (Å²) in [6.07, 6.45) is 8.84. The Labute approximate surface area is 153 Å². The van der Waals surface area contributed by atoms with Crippen LogP contribution in [-0.4, -0.2) is 38.4 Å². The summed E-state index contributed by atoms with van der Waals surface area (Å²) in [7, 11) is 0. The van der Waals surface area contributed by atoms with Crippen molar-refractivity contribution in [2.24, 2.45) is 5.92 Å². The third-order valence-corrected chi connectivity index (χ3v) is 5.73. The normalized spacial score (nSPS) is 20.6. The van der Waals surface area contributed by atoms with Crippen molar-refractivity contribution in [1.82, 2.24) is 19.4 Å². The van der Waals surface area contributed by atoms with Crippen LogP contribution >= 0.6 is 0 Å². The van der Waals surface area contributed by atoms with Crippen molar-refractivity contribution in [1.29, 1.82) is 0 Å². The Bertz CT molecular complexity index is 903. The van der Waals surface area contributed by atoms with Gasteiger partial charge in [-0.25, -0.2) is 4.98 Å². The van der Waals surface area contributed by atoms with E-state index >= 15 is 0 Å². The molecule has 1 saturated heterocycles. The second-order valence-electron chi connectivity index (χ2n) is 7.74. The lowest BCUT2D eigenvalue weighted by Crippen LogP contribution is -2.40. The number of carbonyl (C=O) groups excluding carboxylic acids is 1. The number of fused-ring (bicyclic) bond motifs is 1. The lowest BCUT2D eigenvalue weighted by atomic mass is 9.96. The molecule has 3 heterocycles. The van der Waals surface area contributed by atoms with Gasteiger partial charge in [-0.2, -0.15) is 0 Å². The molecule has 134 valence electrons. The number of nitrogens with zero attached hydrogens (tertiary/aromatic N) is 3. The van der Waals surface area contributed by atoms with E-state index in [0.717, 1.165) is 55.1 Å². The molecule has 0 spiro atoms. The quantitative estimate of drug-likeness (QED) is 0.780. The summed E-state index contributed by atoms with van der Waals surface area (Å²) in [4.78, 5) is 22.9. The second-order valence-corrected chi connectivity index (χ2v) is 7.74. The number of likely N-dealkylation sites (tertiary alicyclic amines) is 1. The van der Waals surface area contributed by atoms with Crippen molar-refractivity contribution in [3.63, 3.8) is 0 Å². The molecule has 5 rings (SSSR count). The smallest absolute Gasteiger partial charge is 0.270 e. The Morgan fingerprint density at radius 2 is 2.12 bits per heavy atom. The van der Waals surface area contributed by atoms with E-state index in [4.69, 9.17) is 0 Å². The highest BCUT2D eigenvalue weighted by Gasteiger charge is 2.30. The van der Waals surface area contributed by atoms with Gasteiger partial charge in [0.25, 0.3) is 5.91 Å². The highest BCUT2D eigenvalue weighted by molar-refractivity contribution is 5.98. The van der Waals surface area contributed by atoms with E-state index in [-0.39, 0.29) is 5.91 Å². The van der Waals surface area contributed by atoms with Crippen molar-refractivity contribution in [2.75, 3.05) is 13.1 Å². The predicted octanol–water partition coefficient (Wildman–Crippen LogP) is 3.79. The highest BCUT2D eigenvalue weighted by Crippen LogP contribution is 2.33. The maximum atomic E-state index is 13.0. The molecule has 0 radical (unpaired) electrons. The Kier molecular flexibility index (Phi) is 3.80. The van der Waals surface area contributed by atoms with E-state index in [2.05, 4.69) is 20.7 Å². The monoisotopic (exact) mass is 348 g/mol. The van der Waals surface area contributed by atoms with Crippen LogP contribution < -0.4 is 0 Å². The number of rotatable bonds is 4. The fraction of sp³-hybridized carbons (Fsp3) is 0.429. The van der Waals surface area contributed by atoms with Crippen molar-refractivity contribution in [3.05, 3.63) is 54.2 Å². The number of aromatic amines is 1. The van der Waals surface area contributed by atoms with E-state index in [0.29, 0.717) is 11.6 Å². The van der Waals surface area contributed by atoms with Gasteiger partial charge in [0.15, 0.2) is 0 Å². The molecule has 1 aliphatic heterocycles. The summed E-state index contributed by atoms with van der Waals surface area (Å²) < 4.78 is 2.32. The van der Waals surface area contributed by atoms with Crippen molar-refractivity contribution in [2.45, 2.75) is 38.1 Å². The van der Waals surface area contributed by atoms with Gasteiger partial charge in [-0.3, -0.25) is 4.79 Å². The number of H-pyrrole nitrogens is 1. The Morgan fingerprint density at radius 1 is 1.23 bits per heavy atom. The number of piperidine rings is 1. The van der Waals surface area contributed by atoms with Gasteiger partial charge >= 0.3 is 0 Å². The lowest BCUT2D eigenvalue weighted by Gasteiger charge is -2.32. The summed E-state index contributed by atoms with van der Waals surface area (Å²) in [6, 6.07) is 10.0. The van der Waals surface area contributed by atoms with Crippen LogP contribution in [0.2, 0.25) is 0 Å². The van der Waals surface area contributed by atoms with Gasteiger partial charge in [0.2, 0.25) is 0 Å². The van der Waals surface area contributed by atoms with Gasteiger partial charge in [0.1, 0.15) is 11.5 Å². The van der Waals surface area contributed by atoms with Crippen LogP contribution in [0.5, 0.6) is 0 Å². The van der Waals surface area contributed by atoms with Crippen LogP contribution in [0, 0.1) is 5.92 Å². The van der Waals surface area contributed by atoms with Crippen LogP contribution in [-0.2, 0) is 6.54 Å². The zero-order valence-electron chi connectivity index (χ0n) is 14.9. The molecule has 1 saturated carbocycles. The molecule has 1 amide bonds. The molecule has 2 fully saturated rings. The molecule has 1 N–H and O–H groups in total. The van der Waals surface area contributed by atoms with E-state index in [1.807, 2.05) is 41.4 Å². The lowest BCUT2D eigenvalue weighted by molar-refractivity contribution is 0.0698. The number of para-hydroxylation sites is 1. The van der Waals surface area contributed by atoms with Gasteiger partial charge < -0.3 is 14.5 Å². The zero-order valence-corrected chi connectivity index (χ0v) is 14.9.